The molecule has 0 aliphatic carbocycles. The van der Waals surface area contributed by atoms with E-state index in [1.165, 1.54) is 11.1 Å². The number of ether oxygens (including phenoxy) is 1. The number of hydrogen-bond acceptors (Lipinski definition) is 2. The maximum Gasteiger partial charge on any atom is 0.250 e. The fraction of sp³-hybridized carbons (Fsp3) is 0.190. The zero-order chi connectivity index (χ0) is 18.0. The van der Waals surface area contributed by atoms with Crippen LogP contribution in [0.1, 0.15) is 27.2 Å². The molecule has 0 saturated heterocycles. The lowest BCUT2D eigenvalue weighted by molar-refractivity contribution is 0.0999. The van der Waals surface area contributed by atoms with Gasteiger partial charge in [-0.25, -0.2) is 0 Å². The summed E-state index contributed by atoms with van der Waals surface area (Å²) in [6.07, 6.45) is 0. The molecule has 0 unspecified atom stereocenters. The molecule has 4 nitrogen and oxygen atoms in total. The van der Waals surface area contributed by atoms with Crippen molar-refractivity contribution in [3.05, 3.63) is 77.0 Å². The molecule has 25 heavy (non-hydrogen) atoms. The van der Waals surface area contributed by atoms with Gasteiger partial charge in [-0.2, -0.15) is 0 Å². The lowest BCUT2D eigenvalue weighted by Gasteiger charge is -2.13. The Bertz CT molecular complexity index is 908. The zero-order valence-electron chi connectivity index (χ0n) is 14.7. The summed E-state index contributed by atoms with van der Waals surface area (Å²) in [5, 5.41) is 0. The second-order valence-corrected chi connectivity index (χ2v) is 6.20. The molecule has 2 aromatic carbocycles. The van der Waals surface area contributed by atoms with Gasteiger partial charge < -0.3 is 15.0 Å². The van der Waals surface area contributed by atoms with E-state index in [9.17, 15) is 4.79 Å². The highest BCUT2D eigenvalue weighted by atomic mass is 16.5. The van der Waals surface area contributed by atoms with Crippen molar-refractivity contribution in [2.75, 3.05) is 7.11 Å². The van der Waals surface area contributed by atoms with Crippen LogP contribution in [0.4, 0.5) is 0 Å². The second kappa shape index (κ2) is 6.85. The first kappa shape index (κ1) is 16.8. The van der Waals surface area contributed by atoms with Crippen LogP contribution >= 0.6 is 0 Å². The molecule has 0 radical (unpaired) electrons. The van der Waals surface area contributed by atoms with Crippen LogP contribution in [0.15, 0.2) is 54.6 Å². The van der Waals surface area contributed by atoms with E-state index >= 15 is 0 Å². The maximum atomic E-state index is 11.8. The predicted molar refractivity (Wildman–Crippen MR) is 100.0 cm³/mol. The van der Waals surface area contributed by atoms with Crippen molar-refractivity contribution in [2.24, 2.45) is 5.73 Å². The Hall–Kier alpha value is -3.01. The molecule has 0 saturated carbocycles. The van der Waals surface area contributed by atoms with Crippen molar-refractivity contribution in [1.29, 1.82) is 0 Å². The monoisotopic (exact) mass is 334 g/mol. The summed E-state index contributed by atoms with van der Waals surface area (Å²) in [5.74, 6) is 0.391. The summed E-state index contributed by atoms with van der Waals surface area (Å²) in [6, 6.07) is 18.1. The van der Waals surface area contributed by atoms with Crippen LogP contribution in [0.5, 0.6) is 5.75 Å². The van der Waals surface area contributed by atoms with Gasteiger partial charge in [0.2, 0.25) is 0 Å². The van der Waals surface area contributed by atoms with Crippen molar-refractivity contribution in [1.82, 2.24) is 4.57 Å². The molecule has 3 rings (SSSR count). The van der Waals surface area contributed by atoms with Crippen molar-refractivity contribution in [3.8, 4) is 17.0 Å². The van der Waals surface area contributed by atoms with Gasteiger partial charge in [0.05, 0.1) is 12.7 Å². The number of methoxy groups -OCH3 is 1. The van der Waals surface area contributed by atoms with Crippen LogP contribution in [0.25, 0.3) is 11.3 Å². The summed E-state index contributed by atoms with van der Waals surface area (Å²) in [6.45, 7) is 4.69. The van der Waals surface area contributed by atoms with Gasteiger partial charge in [0.25, 0.3) is 5.91 Å². The van der Waals surface area contributed by atoms with E-state index in [0.717, 1.165) is 22.7 Å². The molecular weight excluding hydrogens is 312 g/mol. The number of amides is 1. The number of rotatable bonds is 5. The number of carbonyl (C=O) groups is 1. The van der Waals surface area contributed by atoms with E-state index in [2.05, 4.69) is 29.7 Å². The number of aromatic nitrogens is 1. The van der Waals surface area contributed by atoms with Crippen LogP contribution < -0.4 is 10.5 Å². The van der Waals surface area contributed by atoms with Crippen molar-refractivity contribution in [2.45, 2.75) is 20.4 Å². The molecule has 4 heteroatoms. The molecule has 3 aromatic rings. The molecule has 0 aliphatic rings. The molecule has 0 bridgehead atoms. The zero-order valence-corrected chi connectivity index (χ0v) is 14.7. The van der Waals surface area contributed by atoms with Crippen molar-refractivity contribution < 1.29 is 9.53 Å². The Morgan fingerprint density at radius 3 is 2.40 bits per heavy atom. The van der Waals surface area contributed by atoms with Gasteiger partial charge in [-0.1, -0.05) is 29.8 Å². The molecule has 0 atom stereocenters. The SMILES string of the molecule is COc1ccc(-c2cc(C(N)=O)c(C)n2Cc2cccc(C)c2)cc1. The molecule has 1 amide bonds. The van der Waals surface area contributed by atoms with Gasteiger partial charge in [-0.15, -0.1) is 0 Å². The Morgan fingerprint density at radius 1 is 1.08 bits per heavy atom. The Labute approximate surface area is 147 Å². The van der Waals surface area contributed by atoms with Gasteiger partial charge in [0.15, 0.2) is 0 Å². The number of nitrogens with two attached hydrogens (primary N) is 1. The van der Waals surface area contributed by atoms with E-state index in [1.807, 2.05) is 43.3 Å². The van der Waals surface area contributed by atoms with Crippen molar-refractivity contribution in [3.63, 3.8) is 0 Å². The topological polar surface area (TPSA) is 57.2 Å². The van der Waals surface area contributed by atoms with E-state index in [-0.39, 0.29) is 0 Å². The Morgan fingerprint density at radius 2 is 1.80 bits per heavy atom. The number of aryl methyl sites for hydroxylation is 1. The van der Waals surface area contributed by atoms with Gasteiger partial charge in [0, 0.05) is 17.9 Å². The van der Waals surface area contributed by atoms with Crippen LogP contribution in [0.2, 0.25) is 0 Å². The largest absolute Gasteiger partial charge is 0.497 e. The van der Waals surface area contributed by atoms with Gasteiger partial charge in [0.1, 0.15) is 5.75 Å². The molecule has 0 aliphatic heterocycles. The van der Waals surface area contributed by atoms with Crippen LogP contribution in [-0.4, -0.2) is 17.6 Å². The first-order chi connectivity index (χ1) is 12.0. The maximum absolute atomic E-state index is 11.8. The van der Waals surface area contributed by atoms with Crippen LogP contribution in [0, 0.1) is 13.8 Å². The molecule has 128 valence electrons. The second-order valence-electron chi connectivity index (χ2n) is 6.20. The number of carbonyl (C=O) groups excluding carboxylic acids is 1. The highest BCUT2D eigenvalue weighted by Crippen LogP contribution is 2.28. The van der Waals surface area contributed by atoms with E-state index in [4.69, 9.17) is 10.5 Å². The molecule has 2 N–H and O–H groups in total. The molecule has 1 aromatic heterocycles. The number of hydrogen-bond donors (Lipinski definition) is 1. The molecule has 1 heterocycles. The van der Waals surface area contributed by atoms with Gasteiger partial charge in [-0.3, -0.25) is 4.79 Å². The van der Waals surface area contributed by atoms with Crippen LogP contribution in [-0.2, 0) is 6.54 Å². The van der Waals surface area contributed by atoms with Gasteiger partial charge >= 0.3 is 0 Å². The average Bonchev–Trinajstić information content (AvgIpc) is 2.92. The number of benzene rings is 2. The first-order valence-electron chi connectivity index (χ1n) is 8.19. The standard InChI is InChI=1S/C21H22N2O2/c1-14-5-4-6-16(11-14)13-23-15(2)19(21(22)24)12-20(23)17-7-9-18(25-3)10-8-17/h4-12H,13H2,1-3H3,(H2,22,24). The quantitative estimate of drug-likeness (QED) is 0.768. The van der Waals surface area contributed by atoms with E-state index in [1.54, 1.807) is 7.11 Å². The highest BCUT2D eigenvalue weighted by molar-refractivity contribution is 5.95. The van der Waals surface area contributed by atoms with E-state index in [0.29, 0.717) is 12.1 Å². The summed E-state index contributed by atoms with van der Waals surface area (Å²) in [4.78, 5) is 11.8. The molecular formula is C21H22N2O2. The minimum Gasteiger partial charge on any atom is -0.497 e. The normalized spacial score (nSPS) is 10.7. The Kier molecular flexibility index (Phi) is 4.61. The fourth-order valence-electron chi connectivity index (χ4n) is 3.09. The number of nitrogens with zero attached hydrogens (tertiary/aromatic N) is 1. The Balaban J connectivity index is 2.09. The number of primary amides is 1. The highest BCUT2D eigenvalue weighted by Gasteiger charge is 2.17. The lowest BCUT2D eigenvalue weighted by Crippen LogP contribution is -2.12. The summed E-state index contributed by atoms with van der Waals surface area (Å²) in [5.41, 5.74) is 11.4. The molecule has 0 fully saturated rings. The van der Waals surface area contributed by atoms with E-state index < -0.39 is 5.91 Å². The summed E-state index contributed by atoms with van der Waals surface area (Å²) >= 11 is 0. The average molecular weight is 334 g/mol. The predicted octanol–water partition coefficient (Wildman–Crippen LogP) is 3.93. The van der Waals surface area contributed by atoms with Crippen molar-refractivity contribution >= 4 is 5.91 Å². The van der Waals surface area contributed by atoms with Gasteiger partial charge in [-0.05, 0) is 55.3 Å². The fourth-order valence-corrected chi connectivity index (χ4v) is 3.09. The third-order valence-corrected chi connectivity index (χ3v) is 4.44. The third kappa shape index (κ3) is 3.43. The summed E-state index contributed by atoms with van der Waals surface area (Å²) in [7, 11) is 1.64. The molecule has 0 spiro atoms. The third-order valence-electron chi connectivity index (χ3n) is 4.44. The minimum absolute atomic E-state index is 0.407. The summed E-state index contributed by atoms with van der Waals surface area (Å²) < 4.78 is 7.37. The lowest BCUT2D eigenvalue weighted by atomic mass is 10.1. The van der Waals surface area contributed by atoms with Crippen LogP contribution in [0.3, 0.4) is 0 Å². The first-order valence-corrected chi connectivity index (χ1v) is 8.19. The minimum atomic E-state index is -0.407. The smallest absolute Gasteiger partial charge is 0.250 e.